The Hall–Kier alpha value is -4.61. The molecule has 0 amide bonds. The van der Waals surface area contributed by atoms with Gasteiger partial charge in [-0.2, -0.15) is 0 Å². The third kappa shape index (κ3) is 5.74. The monoisotopic (exact) mass is 561 g/mol. The molecule has 0 bridgehead atoms. The van der Waals surface area contributed by atoms with E-state index in [0.717, 1.165) is 17.6 Å². The average Bonchev–Trinajstić information content (AvgIpc) is 3.50. The zero-order valence-electron chi connectivity index (χ0n) is 23.9. The molecule has 5 heteroatoms. The van der Waals surface area contributed by atoms with E-state index in [4.69, 9.17) is 9.72 Å². The van der Waals surface area contributed by atoms with Crippen molar-refractivity contribution >= 4 is 36.6 Å². The molecule has 0 saturated heterocycles. The summed E-state index contributed by atoms with van der Waals surface area (Å²) in [5, 5.41) is 4.02. The van der Waals surface area contributed by atoms with Gasteiger partial charge < -0.3 is 9.30 Å². The summed E-state index contributed by atoms with van der Waals surface area (Å²) in [5.74, 6) is 0.990. The fourth-order valence-corrected chi connectivity index (χ4v) is 10.6. The lowest BCUT2D eigenvalue weighted by molar-refractivity contribution is 0.340. The molecule has 0 N–H and O–H groups in total. The van der Waals surface area contributed by atoms with Gasteiger partial charge in [0.05, 0.1) is 12.3 Å². The van der Waals surface area contributed by atoms with E-state index in [1.165, 1.54) is 26.7 Å². The molecule has 0 aliphatic heterocycles. The van der Waals surface area contributed by atoms with E-state index in [1.807, 2.05) is 13.1 Å². The van der Waals surface area contributed by atoms with Crippen LogP contribution >= 0.6 is 0 Å². The highest BCUT2D eigenvalue weighted by Gasteiger charge is 2.40. The normalized spacial score (nSPS) is 11.4. The van der Waals surface area contributed by atoms with E-state index >= 15 is 0 Å². The van der Waals surface area contributed by atoms with Crippen molar-refractivity contribution in [2.75, 3.05) is 6.61 Å². The summed E-state index contributed by atoms with van der Waals surface area (Å²) in [6.07, 6.45) is 4.88. The van der Waals surface area contributed by atoms with E-state index in [2.05, 4.69) is 164 Å². The first-order chi connectivity index (χ1) is 20.8. The van der Waals surface area contributed by atoms with Gasteiger partial charge in [0.2, 0.25) is 7.28 Å². The Balaban J connectivity index is 1.49. The number of rotatable bonds is 11. The van der Waals surface area contributed by atoms with Crippen LogP contribution in [0.5, 0.6) is 5.75 Å². The lowest BCUT2D eigenvalue weighted by Crippen LogP contribution is -2.70. The SMILES string of the molecule is CCOc1cccc([Si](Cn2ccnc2[B]C(c2ccccc2)c2ccccc2)(c2ccccc2)c2ccccc2)c1. The molecule has 6 rings (SSSR count). The standard InChI is InChI=1S/C37H34BN2OSi/c1-2-41-32-20-15-25-35(28-32)42(33-21-11-5-12-22-33,34-23-13-6-14-24-34)29-40-27-26-39-37(40)38-36(30-16-7-3-8-17-30)31-18-9-4-10-19-31/h3-28,36H,2,29H2,1H3. The predicted molar refractivity (Wildman–Crippen MR) is 177 cm³/mol. The molecule has 5 aromatic carbocycles. The van der Waals surface area contributed by atoms with Crippen LogP contribution < -0.4 is 26.0 Å². The van der Waals surface area contributed by atoms with Crippen molar-refractivity contribution in [2.45, 2.75) is 18.9 Å². The minimum Gasteiger partial charge on any atom is -0.494 e. The molecule has 42 heavy (non-hydrogen) atoms. The van der Waals surface area contributed by atoms with E-state index < -0.39 is 8.07 Å². The molecule has 1 radical (unpaired) electrons. The van der Waals surface area contributed by atoms with Crippen LogP contribution in [0, 0.1) is 0 Å². The topological polar surface area (TPSA) is 27.1 Å². The van der Waals surface area contributed by atoms with Crippen molar-refractivity contribution in [1.82, 2.24) is 9.55 Å². The van der Waals surface area contributed by atoms with Gasteiger partial charge in [0, 0.05) is 18.6 Å². The molecule has 3 nitrogen and oxygen atoms in total. The Labute approximate surface area is 250 Å². The molecule has 0 aliphatic carbocycles. The second-order valence-corrected chi connectivity index (χ2v) is 14.3. The van der Waals surface area contributed by atoms with Gasteiger partial charge in [0.25, 0.3) is 0 Å². The van der Waals surface area contributed by atoms with E-state index in [1.54, 1.807) is 0 Å². The van der Waals surface area contributed by atoms with Crippen molar-refractivity contribution in [1.29, 1.82) is 0 Å². The molecule has 0 spiro atoms. The molecule has 6 aromatic rings. The van der Waals surface area contributed by atoms with Crippen molar-refractivity contribution in [3.8, 4) is 5.75 Å². The van der Waals surface area contributed by atoms with Gasteiger partial charge in [-0.25, -0.2) is 0 Å². The summed E-state index contributed by atoms with van der Waals surface area (Å²) in [5.41, 5.74) is 3.46. The van der Waals surface area contributed by atoms with Gasteiger partial charge in [-0.3, -0.25) is 4.98 Å². The minimum absolute atomic E-state index is 0.0827. The van der Waals surface area contributed by atoms with Gasteiger partial charge in [-0.05, 0) is 51.6 Å². The van der Waals surface area contributed by atoms with Crippen LogP contribution in [-0.4, -0.2) is 31.5 Å². The molecule has 0 fully saturated rings. The third-order valence-corrected chi connectivity index (χ3v) is 12.7. The molecule has 0 aliphatic rings. The Morgan fingerprint density at radius 2 is 1.19 bits per heavy atom. The lowest BCUT2D eigenvalue weighted by Gasteiger charge is -2.35. The molecule has 0 atom stereocenters. The number of ether oxygens (including phenoxy) is 1. The first kappa shape index (κ1) is 27.6. The first-order valence-electron chi connectivity index (χ1n) is 14.6. The fraction of sp³-hybridized carbons (Fsp3) is 0.108. The summed E-state index contributed by atoms with van der Waals surface area (Å²) in [6.45, 7) is 2.67. The third-order valence-electron chi connectivity index (χ3n) is 7.96. The predicted octanol–water partition coefficient (Wildman–Crippen LogP) is 5.11. The Bertz CT molecular complexity index is 1610. The minimum atomic E-state index is -2.61. The van der Waals surface area contributed by atoms with Crippen molar-refractivity contribution in [3.05, 3.63) is 169 Å². The first-order valence-corrected chi connectivity index (χ1v) is 16.8. The number of benzene rings is 5. The van der Waals surface area contributed by atoms with Crippen molar-refractivity contribution < 1.29 is 4.74 Å². The van der Waals surface area contributed by atoms with Crippen LogP contribution in [0.4, 0.5) is 0 Å². The molecular formula is C37H34BN2OSi. The smallest absolute Gasteiger partial charge is 0.215 e. The summed E-state index contributed by atoms with van der Waals surface area (Å²) in [7, 11) is -0.291. The molecule has 1 heterocycles. The number of hydrogen-bond acceptors (Lipinski definition) is 2. The molecule has 0 unspecified atom stereocenters. The number of imidazole rings is 1. The molecule has 205 valence electrons. The zero-order valence-corrected chi connectivity index (χ0v) is 24.9. The highest BCUT2D eigenvalue weighted by Crippen LogP contribution is 2.23. The van der Waals surface area contributed by atoms with Crippen LogP contribution in [0.1, 0.15) is 23.9 Å². The van der Waals surface area contributed by atoms with Crippen molar-refractivity contribution in [2.24, 2.45) is 0 Å². The van der Waals surface area contributed by atoms with Crippen LogP contribution in [0.25, 0.3) is 0 Å². The maximum Gasteiger partial charge on any atom is 0.215 e. The average molecular weight is 562 g/mol. The van der Waals surface area contributed by atoms with Crippen LogP contribution in [0.2, 0.25) is 0 Å². The Kier molecular flexibility index (Phi) is 8.48. The summed E-state index contributed by atoms with van der Waals surface area (Å²) >= 11 is 0. The van der Waals surface area contributed by atoms with Gasteiger partial charge in [0.15, 0.2) is 8.07 Å². The van der Waals surface area contributed by atoms with Crippen LogP contribution in [-0.2, 0) is 6.17 Å². The second kappa shape index (κ2) is 12.9. The molecular weight excluding hydrogens is 527 g/mol. The summed E-state index contributed by atoms with van der Waals surface area (Å²) < 4.78 is 8.38. The second-order valence-electron chi connectivity index (χ2n) is 10.5. The van der Waals surface area contributed by atoms with E-state index in [0.29, 0.717) is 6.61 Å². The van der Waals surface area contributed by atoms with Crippen LogP contribution in [0.3, 0.4) is 0 Å². The summed E-state index contributed by atoms with van der Waals surface area (Å²) in [6, 6.07) is 52.2. The molecule has 0 saturated carbocycles. The fourth-order valence-electron chi connectivity index (χ4n) is 5.96. The zero-order chi connectivity index (χ0) is 28.6. The maximum absolute atomic E-state index is 6.02. The summed E-state index contributed by atoms with van der Waals surface area (Å²) in [4.78, 5) is 4.92. The van der Waals surface area contributed by atoms with Gasteiger partial charge >= 0.3 is 0 Å². The number of nitrogens with zero attached hydrogens (tertiary/aromatic N) is 2. The number of hydrogen-bond donors (Lipinski definition) is 0. The van der Waals surface area contributed by atoms with Gasteiger partial charge in [0.1, 0.15) is 5.75 Å². The van der Waals surface area contributed by atoms with Gasteiger partial charge in [-0.15, -0.1) is 0 Å². The Morgan fingerprint density at radius 1 is 0.667 bits per heavy atom. The largest absolute Gasteiger partial charge is 0.494 e. The van der Waals surface area contributed by atoms with E-state index in [9.17, 15) is 0 Å². The quantitative estimate of drug-likeness (QED) is 0.162. The maximum atomic E-state index is 6.02. The van der Waals surface area contributed by atoms with Crippen molar-refractivity contribution in [3.63, 3.8) is 0 Å². The van der Waals surface area contributed by atoms with E-state index in [-0.39, 0.29) is 5.82 Å². The highest BCUT2D eigenvalue weighted by atomic mass is 28.3. The highest BCUT2D eigenvalue weighted by molar-refractivity contribution is 7.10. The lowest BCUT2D eigenvalue weighted by atomic mass is 9.58. The molecule has 1 aromatic heterocycles. The van der Waals surface area contributed by atoms with Crippen LogP contribution in [0.15, 0.2) is 158 Å². The number of aromatic nitrogens is 2. The Morgan fingerprint density at radius 3 is 1.74 bits per heavy atom. The van der Waals surface area contributed by atoms with Gasteiger partial charge in [-0.1, -0.05) is 133 Å².